The van der Waals surface area contributed by atoms with Crippen LogP contribution in [0.1, 0.15) is 12.5 Å². The van der Waals surface area contributed by atoms with Gasteiger partial charge in [0.05, 0.1) is 4.90 Å². The molecule has 0 unspecified atom stereocenters. The van der Waals surface area contributed by atoms with Crippen LogP contribution in [0.3, 0.4) is 0 Å². The number of rotatable bonds is 8. The molecular weight excluding hydrogens is 455 g/mol. The van der Waals surface area contributed by atoms with Gasteiger partial charge in [-0.05, 0) is 61.2 Å². The van der Waals surface area contributed by atoms with Crippen LogP contribution in [-0.2, 0) is 16.4 Å². The summed E-state index contributed by atoms with van der Waals surface area (Å²) in [6.45, 7) is 3.18. The lowest BCUT2D eigenvalue weighted by atomic mass is 10.2. The van der Waals surface area contributed by atoms with Gasteiger partial charge in [-0.15, -0.1) is 37.2 Å². The van der Waals surface area contributed by atoms with E-state index in [4.69, 9.17) is 0 Å². The smallest absolute Gasteiger partial charge is 0.240 e. The number of nitrogens with zero attached hydrogens (tertiary/aromatic N) is 2. The van der Waals surface area contributed by atoms with Crippen molar-refractivity contribution < 1.29 is 8.42 Å². The number of benzene rings is 1. The fourth-order valence-corrected chi connectivity index (χ4v) is 3.98. The molecule has 0 aliphatic heterocycles. The maximum atomic E-state index is 12.6. The van der Waals surface area contributed by atoms with E-state index in [1.54, 1.807) is 49.1 Å². The number of nitrogens with one attached hydrogen (secondary N) is 2. The largest absolute Gasteiger partial charge is 0.315 e. The Hall–Kier alpha value is -1.48. The molecule has 3 aromatic rings. The molecule has 3 rings (SSSR count). The topological polar surface area (TPSA) is 84.0 Å². The average molecular weight is 480 g/mol. The van der Waals surface area contributed by atoms with E-state index in [9.17, 15) is 8.42 Å². The summed E-state index contributed by atoms with van der Waals surface area (Å²) in [4.78, 5) is 8.29. The van der Waals surface area contributed by atoms with Gasteiger partial charge in [0.2, 0.25) is 10.0 Å². The number of hydrogen-bond donors (Lipinski definition) is 2. The first-order valence-corrected chi connectivity index (χ1v) is 9.99. The molecule has 0 saturated heterocycles. The fourth-order valence-electron chi connectivity index (χ4n) is 2.70. The molecule has 160 valence electrons. The molecule has 0 bridgehead atoms. The number of halogens is 3. The normalized spacial score (nSPS) is 11.6. The summed E-state index contributed by atoms with van der Waals surface area (Å²) in [5.74, 6) is 0. The van der Waals surface area contributed by atoms with Crippen LogP contribution in [0.5, 0.6) is 0 Å². The summed E-state index contributed by atoms with van der Waals surface area (Å²) in [6, 6.07) is 10.6. The third kappa shape index (κ3) is 8.04. The van der Waals surface area contributed by atoms with Crippen LogP contribution in [0.15, 0.2) is 66.1 Å². The third-order valence-electron chi connectivity index (χ3n) is 4.07. The Morgan fingerprint density at radius 1 is 0.931 bits per heavy atom. The van der Waals surface area contributed by atoms with Crippen LogP contribution in [0.2, 0.25) is 0 Å². The number of sulfonamides is 1. The first-order valence-electron chi connectivity index (χ1n) is 8.50. The zero-order chi connectivity index (χ0) is 18.4. The van der Waals surface area contributed by atoms with Gasteiger partial charge in [-0.3, -0.25) is 9.97 Å². The van der Waals surface area contributed by atoms with Crippen molar-refractivity contribution in [3.05, 3.63) is 66.7 Å². The molecule has 1 atom stereocenters. The van der Waals surface area contributed by atoms with E-state index < -0.39 is 10.0 Å². The van der Waals surface area contributed by atoms with Crippen molar-refractivity contribution >= 4 is 58.0 Å². The molecule has 0 fully saturated rings. The second-order valence-corrected chi connectivity index (χ2v) is 7.93. The Morgan fingerprint density at radius 3 is 2.34 bits per heavy atom. The molecule has 1 aromatic carbocycles. The Labute approximate surface area is 190 Å². The molecule has 0 radical (unpaired) electrons. The summed E-state index contributed by atoms with van der Waals surface area (Å²) in [7, 11) is -3.56. The third-order valence-corrected chi connectivity index (χ3v) is 5.66. The molecule has 2 N–H and O–H groups in total. The Kier molecular flexibility index (Phi) is 12.3. The highest BCUT2D eigenvalue weighted by atomic mass is 35.5. The molecule has 29 heavy (non-hydrogen) atoms. The Bertz CT molecular complexity index is 975. The van der Waals surface area contributed by atoms with Gasteiger partial charge in [-0.1, -0.05) is 6.07 Å². The van der Waals surface area contributed by atoms with Gasteiger partial charge in [0, 0.05) is 42.8 Å². The highest BCUT2D eigenvalue weighted by Gasteiger charge is 2.17. The van der Waals surface area contributed by atoms with Crippen molar-refractivity contribution in [2.45, 2.75) is 24.3 Å². The molecule has 10 heteroatoms. The second kappa shape index (κ2) is 13.0. The van der Waals surface area contributed by atoms with E-state index in [2.05, 4.69) is 20.0 Å². The number of fused-ring (bicyclic) bond motifs is 1. The van der Waals surface area contributed by atoms with Gasteiger partial charge < -0.3 is 5.32 Å². The van der Waals surface area contributed by atoms with Gasteiger partial charge in [0.15, 0.2) is 0 Å². The van der Waals surface area contributed by atoms with Gasteiger partial charge in [-0.25, -0.2) is 13.1 Å². The first-order chi connectivity index (χ1) is 12.5. The van der Waals surface area contributed by atoms with Crippen molar-refractivity contribution in [2.24, 2.45) is 0 Å². The molecule has 2 aromatic heterocycles. The average Bonchev–Trinajstić information content (AvgIpc) is 2.65. The SMILES string of the molecule is C[C@H](CNCCc1ccncc1)NS(=O)(=O)c1ccc2cnccc2c1.Cl.Cl.Cl. The second-order valence-electron chi connectivity index (χ2n) is 6.22. The maximum Gasteiger partial charge on any atom is 0.240 e. The predicted molar refractivity (Wildman–Crippen MR) is 124 cm³/mol. The summed E-state index contributed by atoms with van der Waals surface area (Å²) in [6.07, 6.45) is 7.79. The van der Waals surface area contributed by atoms with Gasteiger partial charge in [0.25, 0.3) is 0 Å². The van der Waals surface area contributed by atoms with Crippen molar-refractivity contribution in [1.82, 2.24) is 20.0 Å². The van der Waals surface area contributed by atoms with Gasteiger partial charge >= 0.3 is 0 Å². The minimum Gasteiger partial charge on any atom is -0.315 e. The molecule has 0 amide bonds. The van der Waals surface area contributed by atoms with Crippen LogP contribution < -0.4 is 10.0 Å². The van der Waals surface area contributed by atoms with E-state index in [0.717, 1.165) is 23.7 Å². The van der Waals surface area contributed by atoms with E-state index in [1.807, 2.05) is 19.1 Å². The lowest BCUT2D eigenvalue weighted by Crippen LogP contribution is -2.40. The van der Waals surface area contributed by atoms with Gasteiger partial charge in [-0.2, -0.15) is 0 Å². The Balaban J connectivity index is 0.00000261. The fraction of sp³-hybridized carbons (Fsp3) is 0.263. The van der Waals surface area contributed by atoms with Crippen molar-refractivity contribution in [3.63, 3.8) is 0 Å². The lowest BCUT2D eigenvalue weighted by molar-refractivity contribution is 0.537. The van der Waals surface area contributed by atoms with Crippen LogP contribution in [0, 0.1) is 0 Å². The van der Waals surface area contributed by atoms with E-state index >= 15 is 0 Å². The highest BCUT2D eigenvalue weighted by molar-refractivity contribution is 7.89. The monoisotopic (exact) mass is 478 g/mol. The Morgan fingerprint density at radius 2 is 1.62 bits per heavy atom. The number of pyridine rings is 2. The number of hydrogen-bond acceptors (Lipinski definition) is 5. The quantitative estimate of drug-likeness (QED) is 0.484. The molecular formula is C19H25Cl3N4O2S. The highest BCUT2D eigenvalue weighted by Crippen LogP contribution is 2.18. The van der Waals surface area contributed by atoms with Gasteiger partial charge in [0.1, 0.15) is 0 Å². The van der Waals surface area contributed by atoms with Crippen molar-refractivity contribution in [3.8, 4) is 0 Å². The first kappa shape index (κ1) is 27.5. The summed E-state index contributed by atoms with van der Waals surface area (Å²) in [5, 5.41) is 5.05. The summed E-state index contributed by atoms with van der Waals surface area (Å²) in [5.41, 5.74) is 1.20. The standard InChI is InChI=1S/C19H22N4O2S.3ClH/c1-15(13-21-10-6-16-4-8-20-9-5-16)23-26(24,25)19-3-2-18-14-22-11-7-17(18)12-19;;;/h2-5,7-9,11-12,14-15,21,23H,6,10,13H2,1H3;3*1H/t15-;;;/m1.../s1. The minimum atomic E-state index is -3.56. The van der Waals surface area contributed by atoms with E-state index in [-0.39, 0.29) is 48.2 Å². The van der Waals surface area contributed by atoms with E-state index in [1.165, 1.54) is 5.56 Å². The maximum absolute atomic E-state index is 12.6. The number of aromatic nitrogens is 2. The van der Waals surface area contributed by atoms with Crippen molar-refractivity contribution in [1.29, 1.82) is 0 Å². The summed E-state index contributed by atoms with van der Waals surface area (Å²) < 4.78 is 27.9. The zero-order valence-corrected chi connectivity index (χ0v) is 19.1. The van der Waals surface area contributed by atoms with E-state index in [0.29, 0.717) is 6.54 Å². The summed E-state index contributed by atoms with van der Waals surface area (Å²) >= 11 is 0. The molecule has 2 heterocycles. The molecule has 6 nitrogen and oxygen atoms in total. The van der Waals surface area contributed by atoms with Crippen LogP contribution in [-0.4, -0.2) is 37.5 Å². The van der Waals surface area contributed by atoms with Crippen LogP contribution in [0.4, 0.5) is 0 Å². The predicted octanol–water partition coefficient (Wildman–Crippen LogP) is 3.39. The minimum absolute atomic E-state index is 0. The molecule has 0 spiro atoms. The zero-order valence-electron chi connectivity index (χ0n) is 15.8. The molecule has 0 aliphatic carbocycles. The van der Waals surface area contributed by atoms with Crippen LogP contribution >= 0.6 is 37.2 Å². The van der Waals surface area contributed by atoms with Crippen LogP contribution in [0.25, 0.3) is 10.8 Å². The lowest BCUT2D eigenvalue weighted by Gasteiger charge is -2.15. The molecule has 0 saturated carbocycles. The molecule has 0 aliphatic rings. The van der Waals surface area contributed by atoms with Crippen molar-refractivity contribution in [2.75, 3.05) is 13.1 Å².